The lowest BCUT2D eigenvalue weighted by Crippen LogP contribution is -2.09. The van der Waals surface area contributed by atoms with Gasteiger partial charge in [0, 0.05) is 0 Å². The molecule has 0 heterocycles. The molecule has 0 aromatic carbocycles. The summed E-state index contributed by atoms with van der Waals surface area (Å²) in [6.07, 6.45) is 7.34. The van der Waals surface area contributed by atoms with Crippen molar-refractivity contribution in [2.45, 2.75) is 52.4 Å². The van der Waals surface area contributed by atoms with Crippen LogP contribution in [0.25, 0.3) is 0 Å². The zero-order valence-electron chi connectivity index (χ0n) is 8.92. The summed E-state index contributed by atoms with van der Waals surface area (Å²) in [7, 11) is 0. The van der Waals surface area contributed by atoms with Gasteiger partial charge in [0.25, 0.3) is 6.47 Å². The highest BCUT2D eigenvalue weighted by atomic mass is 16.5. The number of unbranched alkanes of at least 4 members (excludes halogenated alkanes) is 2. The van der Waals surface area contributed by atoms with Crippen molar-refractivity contribution in [2.75, 3.05) is 6.61 Å². The van der Waals surface area contributed by atoms with E-state index in [1.54, 1.807) is 0 Å². The van der Waals surface area contributed by atoms with E-state index in [-0.39, 0.29) is 0 Å². The Bertz CT molecular complexity index is 105. The first-order valence-electron chi connectivity index (χ1n) is 5.40. The van der Waals surface area contributed by atoms with Gasteiger partial charge in [-0.3, -0.25) is 4.79 Å². The van der Waals surface area contributed by atoms with E-state index in [0.717, 1.165) is 0 Å². The van der Waals surface area contributed by atoms with E-state index in [4.69, 9.17) is 4.74 Å². The topological polar surface area (TPSA) is 26.3 Å². The monoisotopic (exact) mass is 186 g/mol. The highest BCUT2D eigenvalue weighted by Crippen LogP contribution is 2.16. The molecule has 78 valence electrons. The average Bonchev–Trinajstić information content (AvgIpc) is 2.17. The fourth-order valence-corrected chi connectivity index (χ4v) is 1.47. The van der Waals surface area contributed by atoms with Crippen molar-refractivity contribution in [2.24, 2.45) is 5.92 Å². The number of carbonyl (C=O) groups is 1. The summed E-state index contributed by atoms with van der Waals surface area (Å²) in [4.78, 5) is 10.0. The van der Waals surface area contributed by atoms with Crippen LogP contribution in [-0.4, -0.2) is 13.1 Å². The predicted molar refractivity (Wildman–Crippen MR) is 54.6 cm³/mol. The summed E-state index contributed by atoms with van der Waals surface area (Å²) >= 11 is 0. The lowest BCUT2D eigenvalue weighted by Gasteiger charge is -2.14. The molecule has 0 fully saturated rings. The minimum atomic E-state index is 0.560. The SMILES string of the molecule is CCCCC(CCCC)COC=O. The van der Waals surface area contributed by atoms with Gasteiger partial charge in [-0.15, -0.1) is 0 Å². The molecule has 0 aliphatic rings. The maximum atomic E-state index is 10.0. The van der Waals surface area contributed by atoms with Gasteiger partial charge >= 0.3 is 0 Å². The molecule has 0 amide bonds. The van der Waals surface area contributed by atoms with Crippen LogP contribution < -0.4 is 0 Å². The first-order valence-corrected chi connectivity index (χ1v) is 5.40. The Morgan fingerprint density at radius 3 is 2.08 bits per heavy atom. The second-order valence-electron chi connectivity index (χ2n) is 3.58. The van der Waals surface area contributed by atoms with Crippen molar-refractivity contribution >= 4 is 6.47 Å². The van der Waals surface area contributed by atoms with Crippen LogP contribution in [0.2, 0.25) is 0 Å². The molecule has 0 atom stereocenters. The summed E-state index contributed by atoms with van der Waals surface area (Å²) in [6, 6.07) is 0. The lowest BCUT2D eigenvalue weighted by atomic mass is 9.97. The molecule has 0 rings (SSSR count). The van der Waals surface area contributed by atoms with Crippen LogP contribution in [0.5, 0.6) is 0 Å². The van der Waals surface area contributed by atoms with Crippen molar-refractivity contribution < 1.29 is 9.53 Å². The molecular formula is C11H22O2. The van der Waals surface area contributed by atoms with Crippen LogP contribution in [0, 0.1) is 5.92 Å². The van der Waals surface area contributed by atoms with Gasteiger partial charge in [0.05, 0.1) is 6.61 Å². The normalized spacial score (nSPS) is 10.4. The number of rotatable bonds is 9. The van der Waals surface area contributed by atoms with Gasteiger partial charge < -0.3 is 4.74 Å². The molecule has 0 aliphatic heterocycles. The third-order valence-electron chi connectivity index (χ3n) is 2.33. The fourth-order valence-electron chi connectivity index (χ4n) is 1.47. The summed E-state index contributed by atoms with van der Waals surface area (Å²) in [5.74, 6) is 0.588. The van der Waals surface area contributed by atoms with E-state index < -0.39 is 0 Å². The van der Waals surface area contributed by atoms with Crippen LogP contribution >= 0.6 is 0 Å². The summed E-state index contributed by atoms with van der Waals surface area (Å²) in [5.41, 5.74) is 0. The first-order chi connectivity index (χ1) is 6.35. The molecule has 13 heavy (non-hydrogen) atoms. The number of ether oxygens (including phenoxy) is 1. The van der Waals surface area contributed by atoms with Gasteiger partial charge in [-0.1, -0.05) is 39.5 Å². The molecule has 2 nitrogen and oxygen atoms in total. The smallest absolute Gasteiger partial charge is 0.293 e. The van der Waals surface area contributed by atoms with E-state index in [1.165, 1.54) is 38.5 Å². The van der Waals surface area contributed by atoms with Gasteiger partial charge in [0.1, 0.15) is 0 Å². The highest BCUT2D eigenvalue weighted by molar-refractivity contribution is 5.36. The van der Waals surface area contributed by atoms with Crippen molar-refractivity contribution in [3.05, 3.63) is 0 Å². The van der Waals surface area contributed by atoms with Gasteiger partial charge in [0.2, 0.25) is 0 Å². The summed E-state index contributed by atoms with van der Waals surface area (Å²) in [6.45, 7) is 5.56. The zero-order chi connectivity index (χ0) is 9.94. The Kier molecular flexibility index (Phi) is 9.17. The third-order valence-corrected chi connectivity index (χ3v) is 2.33. The Balaban J connectivity index is 3.52. The Hall–Kier alpha value is -0.530. The standard InChI is InChI=1S/C11H22O2/c1-3-5-7-11(8-6-4-2)9-13-10-12/h10-11H,3-9H2,1-2H3. The second kappa shape index (κ2) is 9.56. The first kappa shape index (κ1) is 12.5. The Labute approximate surface area is 81.7 Å². The minimum absolute atomic E-state index is 0.560. The average molecular weight is 186 g/mol. The lowest BCUT2D eigenvalue weighted by molar-refractivity contribution is -0.130. The molecule has 0 saturated carbocycles. The molecule has 0 spiro atoms. The van der Waals surface area contributed by atoms with Crippen LogP contribution in [0.4, 0.5) is 0 Å². The number of hydrogen-bond donors (Lipinski definition) is 0. The van der Waals surface area contributed by atoms with Gasteiger partial charge in [0.15, 0.2) is 0 Å². The van der Waals surface area contributed by atoms with E-state index in [0.29, 0.717) is 19.0 Å². The fraction of sp³-hybridized carbons (Fsp3) is 0.909. The molecular weight excluding hydrogens is 164 g/mol. The largest absolute Gasteiger partial charge is 0.468 e. The molecule has 0 aliphatic carbocycles. The van der Waals surface area contributed by atoms with E-state index in [9.17, 15) is 4.79 Å². The van der Waals surface area contributed by atoms with Crippen LogP contribution in [0.15, 0.2) is 0 Å². The van der Waals surface area contributed by atoms with E-state index in [2.05, 4.69) is 13.8 Å². The zero-order valence-corrected chi connectivity index (χ0v) is 8.92. The van der Waals surface area contributed by atoms with Gasteiger partial charge in [-0.2, -0.15) is 0 Å². The van der Waals surface area contributed by atoms with Crippen LogP contribution in [0.3, 0.4) is 0 Å². The summed E-state index contributed by atoms with van der Waals surface area (Å²) in [5, 5.41) is 0. The molecule has 2 heteroatoms. The Morgan fingerprint density at radius 1 is 1.15 bits per heavy atom. The quantitative estimate of drug-likeness (QED) is 0.517. The number of hydrogen-bond acceptors (Lipinski definition) is 2. The highest BCUT2D eigenvalue weighted by Gasteiger charge is 2.07. The number of carbonyl (C=O) groups excluding carboxylic acids is 1. The van der Waals surface area contributed by atoms with Gasteiger partial charge in [-0.25, -0.2) is 0 Å². The molecule has 0 bridgehead atoms. The molecule has 0 unspecified atom stereocenters. The van der Waals surface area contributed by atoms with Gasteiger partial charge in [-0.05, 0) is 18.8 Å². The predicted octanol–water partition coefficient (Wildman–Crippen LogP) is 3.16. The maximum Gasteiger partial charge on any atom is 0.293 e. The molecule has 0 radical (unpaired) electrons. The third kappa shape index (κ3) is 7.82. The van der Waals surface area contributed by atoms with Crippen molar-refractivity contribution in [1.82, 2.24) is 0 Å². The van der Waals surface area contributed by atoms with Crippen molar-refractivity contribution in [1.29, 1.82) is 0 Å². The van der Waals surface area contributed by atoms with Crippen molar-refractivity contribution in [3.8, 4) is 0 Å². The summed E-state index contributed by atoms with van der Waals surface area (Å²) < 4.78 is 4.81. The second-order valence-corrected chi connectivity index (χ2v) is 3.58. The van der Waals surface area contributed by atoms with Crippen LogP contribution in [-0.2, 0) is 9.53 Å². The molecule has 0 aromatic rings. The molecule has 0 aromatic heterocycles. The van der Waals surface area contributed by atoms with Crippen LogP contribution in [0.1, 0.15) is 52.4 Å². The van der Waals surface area contributed by atoms with Crippen molar-refractivity contribution in [3.63, 3.8) is 0 Å². The minimum Gasteiger partial charge on any atom is -0.468 e. The molecule has 0 saturated heterocycles. The Morgan fingerprint density at radius 2 is 1.69 bits per heavy atom. The maximum absolute atomic E-state index is 10.0. The van der Waals surface area contributed by atoms with E-state index >= 15 is 0 Å². The van der Waals surface area contributed by atoms with E-state index in [1.807, 2.05) is 0 Å². The molecule has 0 N–H and O–H groups in total.